The van der Waals surface area contributed by atoms with E-state index in [0.29, 0.717) is 5.92 Å². The number of nitrogens with one attached hydrogen (secondary N) is 1. The first-order chi connectivity index (χ1) is 14.8. The van der Waals surface area contributed by atoms with E-state index in [0.717, 1.165) is 36.7 Å². The standard InChI is InChI=1S/C25H25N5/c1-2-8-24-22(7-1)19(12-14-26-24)17-30-15-5-6-20(18-30)23-11-10-21(16-28-23)29-25-9-3-4-13-27-25/h1-4,7-14,16,20H,5-6,15,17-18H2,(H,27,29)/t20-/m1/s1. The maximum atomic E-state index is 4.76. The van der Waals surface area contributed by atoms with Crippen LogP contribution in [0.5, 0.6) is 0 Å². The highest BCUT2D eigenvalue weighted by molar-refractivity contribution is 5.81. The van der Waals surface area contributed by atoms with Gasteiger partial charge in [0.25, 0.3) is 0 Å². The summed E-state index contributed by atoms with van der Waals surface area (Å²) in [6.07, 6.45) is 8.01. The predicted octanol–water partition coefficient (Wildman–Crippen LogP) is 5.15. The van der Waals surface area contributed by atoms with Gasteiger partial charge in [-0.05, 0) is 61.3 Å². The van der Waals surface area contributed by atoms with Gasteiger partial charge in [0.05, 0.1) is 17.4 Å². The zero-order chi connectivity index (χ0) is 20.2. The van der Waals surface area contributed by atoms with E-state index in [9.17, 15) is 0 Å². The number of pyridine rings is 3. The van der Waals surface area contributed by atoms with Crippen molar-refractivity contribution in [2.75, 3.05) is 18.4 Å². The van der Waals surface area contributed by atoms with E-state index in [-0.39, 0.29) is 0 Å². The number of piperidine rings is 1. The van der Waals surface area contributed by atoms with Gasteiger partial charge in [0.1, 0.15) is 5.82 Å². The summed E-state index contributed by atoms with van der Waals surface area (Å²) in [6.45, 7) is 3.13. The minimum Gasteiger partial charge on any atom is -0.339 e. The minimum absolute atomic E-state index is 0.468. The second-order valence-corrected chi connectivity index (χ2v) is 7.87. The highest BCUT2D eigenvalue weighted by Gasteiger charge is 2.22. The molecule has 1 aromatic carbocycles. The number of hydrogen-bond donors (Lipinski definition) is 1. The van der Waals surface area contributed by atoms with Crippen LogP contribution in [0.15, 0.2) is 79.3 Å². The maximum absolute atomic E-state index is 4.76. The molecular formula is C25H25N5. The Bertz CT molecular complexity index is 1110. The predicted molar refractivity (Wildman–Crippen MR) is 121 cm³/mol. The molecule has 1 aliphatic rings. The van der Waals surface area contributed by atoms with Crippen LogP contribution >= 0.6 is 0 Å². The number of benzene rings is 1. The summed E-state index contributed by atoms with van der Waals surface area (Å²) >= 11 is 0. The fourth-order valence-corrected chi connectivity index (χ4v) is 4.28. The third-order valence-corrected chi connectivity index (χ3v) is 5.78. The second-order valence-electron chi connectivity index (χ2n) is 7.87. The van der Waals surface area contributed by atoms with E-state index in [2.05, 4.69) is 56.6 Å². The van der Waals surface area contributed by atoms with Crippen LogP contribution in [0.25, 0.3) is 10.9 Å². The molecule has 30 heavy (non-hydrogen) atoms. The van der Waals surface area contributed by atoms with Gasteiger partial charge in [-0.1, -0.05) is 24.3 Å². The highest BCUT2D eigenvalue weighted by atomic mass is 15.1. The van der Waals surface area contributed by atoms with Gasteiger partial charge < -0.3 is 5.32 Å². The highest BCUT2D eigenvalue weighted by Crippen LogP contribution is 2.28. The van der Waals surface area contributed by atoms with Crippen LogP contribution in [0.1, 0.15) is 30.0 Å². The average molecular weight is 396 g/mol. The quantitative estimate of drug-likeness (QED) is 0.507. The second kappa shape index (κ2) is 8.59. The third-order valence-electron chi connectivity index (χ3n) is 5.78. The minimum atomic E-state index is 0.468. The third kappa shape index (κ3) is 4.16. The van der Waals surface area contributed by atoms with Gasteiger partial charge in [0, 0.05) is 42.5 Å². The molecule has 1 N–H and O–H groups in total. The van der Waals surface area contributed by atoms with E-state index in [1.54, 1.807) is 6.20 Å². The lowest BCUT2D eigenvalue weighted by Crippen LogP contribution is -2.34. The number of aromatic nitrogens is 3. The van der Waals surface area contributed by atoms with Crippen molar-refractivity contribution in [3.63, 3.8) is 0 Å². The van der Waals surface area contributed by atoms with Gasteiger partial charge in [0.2, 0.25) is 0 Å². The summed E-state index contributed by atoms with van der Waals surface area (Å²) in [5.74, 6) is 1.30. The monoisotopic (exact) mass is 395 g/mol. The molecule has 4 aromatic rings. The molecule has 0 aliphatic carbocycles. The van der Waals surface area contributed by atoms with Crippen molar-refractivity contribution in [1.29, 1.82) is 0 Å². The maximum Gasteiger partial charge on any atom is 0.130 e. The number of anilines is 2. The molecule has 0 bridgehead atoms. The molecule has 1 aliphatic heterocycles. The van der Waals surface area contributed by atoms with Crippen molar-refractivity contribution in [2.45, 2.75) is 25.3 Å². The average Bonchev–Trinajstić information content (AvgIpc) is 2.81. The number of hydrogen-bond acceptors (Lipinski definition) is 5. The topological polar surface area (TPSA) is 53.9 Å². The first-order valence-corrected chi connectivity index (χ1v) is 10.5. The Hall–Kier alpha value is -3.31. The van der Waals surface area contributed by atoms with Gasteiger partial charge in [-0.2, -0.15) is 0 Å². The van der Waals surface area contributed by atoms with Crippen LogP contribution in [-0.4, -0.2) is 32.9 Å². The van der Waals surface area contributed by atoms with Crippen LogP contribution in [0.3, 0.4) is 0 Å². The Morgan fingerprint density at radius 2 is 1.83 bits per heavy atom. The van der Waals surface area contributed by atoms with Crippen LogP contribution in [0.2, 0.25) is 0 Å². The van der Waals surface area contributed by atoms with Crippen LogP contribution < -0.4 is 5.32 Å². The number of likely N-dealkylation sites (tertiary alicyclic amines) is 1. The van der Waals surface area contributed by atoms with Crippen molar-refractivity contribution < 1.29 is 0 Å². The van der Waals surface area contributed by atoms with Gasteiger partial charge in [-0.3, -0.25) is 14.9 Å². The molecule has 0 spiro atoms. The molecule has 1 saturated heterocycles. The van der Waals surface area contributed by atoms with Gasteiger partial charge in [-0.15, -0.1) is 0 Å². The first-order valence-electron chi connectivity index (χ1n) is 10.5. The largest absolute Gasteiger partial charge is 0.339 e. The van der Waals surface area contributed by atoms with Crippen molar-refractivity contribution in [1.82, 2.24) is 19.9 Å². The summed E-state index contributed by atoms with van der Waals surface area (Å²) in [6, 6.07) is 20.7. The molecule has 0 saturated carbocycles. The molecule has 1 fully saturated rings. The fraction of sp³-hybridized carbons (Fsp3) is 0.240. The SMILES string of the molecule is c1ccc(Nc2ccc([C@@H]3CCCN(Cc4ccnc5ccccc45)C3)nc2)nc1. The summed E-state index contributed by atoms with van der Waals surface area (Å²) in [7, 11) is 0. The molecule has 5 rings (SSSR count). The van der Waals surface area contributed by atoms with Crippen LogP contribution in [0, 0.1) is 0 Å². The zero-order valence-electron chi connectivity index (χ0n) is 16.9. The van der Waals surface area contributed by atoms with E-state index in [1.165, 1.54) is 29.5 Å². The molecule has 0 radical (unpaired) electrons. The molecule has 1 atom stereocenters. The van der Waals surface area contributed by atoms with Gasteiger partial charge in [-0.25, -0.2) is 4.98 Å². The van der Waals surface area contributed by atoms with E-state index in [1.807, 2.05) is 36.7 Å². The zero-order valence-corrected chi connectivity index (χ0v) is 16.9. The molecule has 4 heterocycles. The van der Waals surface area contributed by atoms with Crippen molar-refractivity contribution >= 4 is 22.4 Å². The van der Waals surface area contributed by atoms with Crippen molar-refractivity contribution in [3.05, 3.63) is 90.5 Å². The molecule has 0 unspecified atom stereocenters. The lowest BCUT2D eigenvalue weighted by molar-refractivity contribution is 0.199. The van der Waals surface area contributed by atoms with Crippen molar-refractivity contribution in [2.24, 2.45) is 0 Å². The number of para-hydroxylation sites is 1. The summed E-state index contributed by atoms with van der Waals surface area (Å²) in [5, 5.41) is 4.56. The number of rotatable bonds is 5. The fourth-order valence-electron chi connectivity index (χ4n) is 4.28. The molecule has 5 heteroatoms. The lowest BCUT2D eigenvalue weighted by atomic mass is 9.93. The summed E-state index contributed by atoms with van der Waals surface area (Å²) < 4.78 is 0. The molecule has 0 amide bonds. The Morgan fingerprint density at radius 1 is 0.900 bits per heavy atom. The first kappa shape index (κ1) is 18.7. The smallest absolute Gasteiger partial charge is 0.130 e. The van der Waals surface area contributed by atoms with Gasteiger partial charge in [0.15, 0.2) is 0 Å². The Balaban J connectivity index is 1.27. The lowest BCUT2D eigenvalue weighted by Gasteiger charge is -2.32. The Kier molecular flexibility index (Phi) is 5.36. The molecular weight excluding hydrogens is 370 g/mol. The summed E-state index contributed by atoms with van der Waals surface area (Å²) in [4.78, 5) is 16.1. The normalized spacial score (nSPS) is 17.1. The Labute approximate surface area is 176 Å². The molecule has 150 valence electrons. The molecule has 5 nitrogen and oxygen atoms in total. The Morgan fingerprint density at radius 3 is 2.70 bits per heavy atom. The molecule has 3 aromatic heterocycles. The van der Waals surface area contributed by atoms with E-state index in [4.69, 9.17) is 4.98 Å². The van der Waals surface area contributed by atoms with E-state index >= 15 is 0 Å². The van der Waals surface area contributed by atoms with Gasteiger partial charge >= 0.3 is 0 Å². The van der Waals surface area contributed by atoms with Crippen LogP contribution in [0.4, 0.5) is 11.5 Å². The van der Waals surface area contributed by atoms with Crippen LogP contribution in [-0.2, 0) is 6.54 Å². The van der Waals surface area contributed by atoms with Crippen molar-refractivity contribution in [3.8, 4) is 0 Å². The summed E-state index contributed by atoms with van der Waals surface area (Å²) in [5.41, 5.74) is 4.56. The number of fused-ring (bicyclic) bond motifs is 1. The number of nitrogens with zero attached hydrogens (tertiary/aromatic N) is 4. The van der Waals surface area contributed by atoms with E-state index < -0.39 is 0 Å².